The Bertz CT molecular complexity index is 602. The first-order valence-electron chi connectivity index (χ1n) is 5.65. The Morgan fingerprint density at radius 2 is 1.89 bits per heavy atom. The van der Waals surface area contributed by atoms with Crippen LogP contribution in [0.2, 0.25) is 0 Å². The first kappa shape index (κ1) is 14.5. The Morgan fingerprint density at radius 3 is 2.53 bits per heavy atom. The largest absolute Gasteiger partial charge is 0.457 e. The molecular formula is C14H12Br2FNO. The minimum Gasteiger partial charge on any atom is -0.457 e. The number of nitrogens with two attached hydrogens (primary N) is 1. The highest BCUT2D eigenvalue weighted by atomic mass is 79.9. The zero-order valence-electron chi connectivity index (χ0n) is 10.2. The topological polar surface area (TPSA) is 35.2 Å². The summed E-state index contributed by atoms with van der Waals surface area (Å²) in [7, 11) is 0. The Balaban J connectivity index is 2.35. The Labute approximate surface area is 128 Å². The average molecular weight is 389 g/mol. The van der Waals surface area contributed by atoms with Gasteiger partial charge in [-0.1, -0.05) is 15.9 Å². The van der Waals surface area contributed by atoms with Crippen LogP contribution in [-0.2, 0) is 0 Å². The molecule has 2 aromatic rings. The fourth-order valence-electron chi connectivity index (χ4n) is 1.64. The van der Waals surface area contributed by atoms with Crippen molar-refractivity contribution in [2.24, 2.45) is 5.73 Å². The Morgan fingerprint density at radius 1 is 1.16 bits per heavy atom. The normalized spacial score (nSPS) is 12.3. The van der Waals surface area contributed by atoms with Crippen molar-refractivity contribution in [1.82, 2.24) is 0 Å². The molecule has 0 saturated heterocycles. The zero-order chi connectivity index (χ0) is 14.0. The zero-order valence-corrected chi connectivity index (χ0v) is 13.3. The molecule has 2 aromatic carbocycles. The van der Waals surface area contributed by atoms with Crippen LogP contribution in [0.5, 0.6) is 11.5 Å². The molecule has 0 saturated carbocycles. The molecule has 0 spiro atoms. The molecule has 19 heavy (non-hydrogen) atoms. The highest BCUT2D eigenvalue weighted by Gasteiger charge is 2.10. The Kier molecular flexibility index (Phi) is 4.60. The fraction of sp³-hybridized carbons (Fsp3) is 0.143. The van der Waals surface area contributed by atoms with Crippen LogP contribution in [0.3, 0.4) is 0 Å². The molecule has 0 aliphatic rings. The van der Waals surface area contributed by atoms with Gasteiger partial charge >= 0.3 is 0 Å². The van der Waals surface area contributed by atoms with Crippen molar-refractivity contribution in [3.8, 4) is 11.5 Å². The molecule has 2 rings (SSSR count). The quantitative estimate of drug-likeness (QED) is 0.787. The molecular weight excluding hydrogens is 377 g/mol. The average Bonchev–Trinajstić information content (AvgIpc) is 2.36. The van der Waals surface area contributed by atoms with E-state index in [-0.39, 0.29) is 11.9 Å². The molecule has 1 atom stereocenters. The molecule has 5 heteroatoms. The maximum absolute atomic E-state index is 13.2. The predicted octanol–water partition coefficient (Wildman–Crippen LogP) is 5.16. The van der Waals surface area contributed by atoms with Crippen molar-refractivity contribution in [2.75, 3.05) is 0 Å². The number of hydrogen-bond acceptors (Lipinski definition) is 2. The number of hydrogen-bond donors (Lipinski definition) is 1. The summed E-state index contributed by atoms with van der Waals surface area (Å²) in [6.07, 6.45) is 0. The van der Waals surface area contributed by atoms with Gasteiger partial charge in [0.1, 0.15) is 17.3 Å². The number of rotatable bonds is 3. The summed E-state index contributed by atoms with van der Waals surface area (Å²) in [5, 5.41) is 0. The molecule has 0 heterocycles. The number of ether oxygens (including phenoxy) is 1. The van der Waals surface area contributed by atoms with Gasteiger partial charge in [0.05, 0.1) is 4.47 Å². The van der Waals surface area contributed by atoms with Crippen LogP contribution in [-0.4, -0.2) is 0 Å². The maximum atomic E-state index is 13.2. The van der Waals surface area contributed by atoms with Gasteiger partial charge in [0.2, 0.25) is 0 Å². The summed E-state index contributed by atoms with van der Waals surface area (Å²) in [4.78, 5) is 0. The van der Waals surface area contributed by atoms with Gasteiger partial charge in [-0.15, -0.1) is 0 Å². The second-order valence-electron chi connectivity index (χ2n) is 4.15. The first-order valence-corrected chi connectivity index (χ1v) is 7.24. The molecule has 0 fully saturated rings. The third-order valence-corrected chi connectivity index (χ3v) is 3.68. The molecule has 1 unspecified atom stereocenters. The van der Waals surface area contributed by atoms with E-state index in [1.165, 1.54) is 6.07 Å². The van der Waals surface area contributed by atoms with Crippen molar-refractivity contribution in [1.29, 1.82) is 0 Å². The van der Waals surface area contributed by atoms with Gasteiger partial charge in [0.15, 0.2) is 0 Å². The second kappa shape index (κ2) is 6.03. The van der Waals surface area contributed by atoms with E-state index in [9.17, 15) is 4.39 Å². The van der Waals surface area contributed by atoms with E-state index in [2.05, 4.69) is 31.9 Å². The molecule has 0 bridgehead atoms. The summed E-state index contributed by atoms with van der Waals surface area (Å²) in [5.41, 5.74) is 6.81. The van der Waals surface area contributed by atoms with Crippen molar-refractivity contribution < 1.29 is 9.13 Å². The second-order valence-corrected chi connectivity index (χ2v) is 5.92. The van der Waals surface area contributed by atoms with Crippen molar-refractivity contribution in [3.05, 3.63) is 56.7 Å². The first-order chi connectivity index (χ1) is 8.97. The maximum Gasteiger partial charge on any atom is 0.137 e. The van der Waals surface area contributed by atoms with Crippen molar-refractivity contribution in [3.63, 3.8) is 0 Å². The minimum atomic E-state index is -0.324. The summed E-state index contributed by atoms with van der Waals surface area (Å²) < 4.78 is 20.2. The third kappa shape index (κ3) is 3.55. The van der Waals surface area contributed by atoms with Gasteiger partial charge in [0, 0.05) is 16.1 Å². The van der Waals surface area contributed by atoms with Gasteiger partial charge in [-0.2, -0.15) is 0 Å². The molecule has 0 radical (unpaired) electrons. The van der Waals surface area contributed by atoms with E-state index in [1.807, 2.05) is 25.1 Å². The molecule has 2 N–H and O–H groups in total. The monoisotopic (exact) mass is 387 g/mol. The van der Waals surface area contributed by atoms with E-state index in [4.69, 9.17) is 10.5 Å². The standard InChI is InChI=1S/C14H12Br2FNO/c1-8(18)11-6-9(15)2-5-14(11)19-10-3-4-13(17)12(16)7-10/h2-8H,18H2,1H3. The molecule has 2 nitrogen and oxygen atoms in total. The SMILES string of the molecule is CC(N)c1cc(Br)ccc1Oc1ccc(F)c(Br)c1. The van der Waals surface area contributed by atoms with Crippen molar-refractivity contribution in [2.45, 2.75) is 13.0 Å². The van der Waals surface area contributed by atoms with Crippen LogP contribution in [0.25, 0.3) is 0 Å². The van der Waals surface area contributed by atoms with E-state index in [0.29, 0.717) is 16.0 Å². The van der Waals surface area contributed by atoms with Gasteiger partial charge < -0.3 is 10.5 Å². The lowest BCUT2D eigenvalue weighted by molar-refractivity contribution is 0.469. The Hall–Kier alpha value is -0.910. The van der Waals surface area contributed by atoms with Gasteiger partial charge in [-0.25, -0.2) is 4.39 Å². The highest BCUT2D eigenvalue weighted by molar-refractivity contribution is 9.10. The van der Waals surface area contributed by atoms with Crippen LogP contribution in [0.1, 0.15) is 18.5 Å². The number of benzene rings is 2. The van der Waals surface area contributed by atoms with Crippen LogP contribution in [0, 0.1) is 5.82 Å². The summed E-state index contributed by atoms with van der Waals surface area (Å²) in [6.45, 7) is 1.88. The van der Waals surface area contributed by atoms with Crippen LogP contribution in [0.15, 0.2) is 45.3 Å². The van der Waals surface area contributed by atoms with E-state index in [0.717, 1.165) is 10.0 Å². The minimum absolute atomic E-state index is 0.156. The van der Waals surface area contributed by atoms with Gasteiger partial charge in [-0.3, -0.25) is 0 Å². The van der Waals surface area contributed by atoms with Crippen LogP contribution in [0.4, 0.5) is 4.39 Å². The van der Waals surface area contributed by atoms with Crippen LogP contribution < -0.4 is 10.5 Å². The molecule has 0 amide bonds. The molecule has 0 aliphatic heterocycles. The lowest BCUT2D eigenvalue weighted by Crippen LogP contribution is -2.06. The lowest BCUT2D eigenvalue weighted by atomic mass is 10.1. The van der Waals surface area contributed by atoms with Gasteiger partial charge in [0.25, 0.3) is 0 Å². The van der Waals surface area contributed by atoms with Crippen molar-refractivity contribution >= 4 is 31.9 Å². The number of halogens is 3. The van der Waals surface area contributed by atoms with E-state index < -0.39 is 0 Å². The molecule has 0 aliphatic carbocycles. The summed E-state index contributed by atoms with van der Waals surface area (Å²) >= 11 is 6.53. The third-order valence-electron chi connectivity index (χ3n) is 2.58. The van der Waals surface area contributed by atoms with Crippen LogP contribution >= 0.6 is 31.9 Å². The summed E-state index contributed by atoms with van der Waals surface area (Å²) in [5.74, 6) is 0.893. The van der Waals surface area contributed by atoms with E-state index >= 15 is 0 Å². The fourth-order valence-corrected chi connectivity index (χ4v) is 2.37. The molecule has 0 aromatic heterocycles. The smallest absolute Gasteiger partial charge is 0.137 e. The summed E-state index contributed by atoms with van der Waals surface area (Å²) in [6, 6.07) is 9.98. The highest BCUT2D eigenvalue weighted by Crippen LogP contribution is 2.32. The lowest BCUT2D eigenvalue weighted by Gasteiger charge is -2.14. The van der Waals surface area contributed by atoms with E-state index in [1.54, 1.807) is 12.1 Å². The molecule has 100 valence electrons. The predicted molar refractivity (Wildman–Crippen MR) is 80.9 cm³/mol. The van der Waals surface area contributed by atoms with Gasteiger partial charge in [-0.05, 0) is 59.3 Å².